The standard InChI is InChI=1S/C44H27NO2/c1-2-12-32(13-3-1)45-39-17-9-8-16-37(39)38-24-30(18-22-40(38)45)33-20-21-34(36-15-7-6-14-35(33)36)31-19-23-41-42(27-31)47-44-26-29-11-5-4-10-28(29)25-43(44)46-41/h1-27H. The minimum Gasteiger partial charge on any atom is -0.449 e. The highest BCUT2D eigenvalue weighted by Gasteiger charge is 2.21. The van der Waals surface area contributed by atoms with Gasteiger partial charge in [-0.25, -0.2) is 0 Å². The minimum absolute atomic E-state index is 0.721. The lowest BCUT2D eigenvalue weighted by Gasteiger charge is -2.22. The molecule has 0 unspecified atom stereocenters. The number of benzene rings is 8. The topological polar surface area (TPSA) is 23.4 Å². The summed E-state index contributed by atoms with van der Waals surface area (Å²) in [5.41, 5.74) is 8.22. The highest BCUT2D eigenvalue weighted by Crippen LogP contribution is 2.49. The van der Waals surface area contributed by atoms with Gasteiger partial charge in [0.15, 0.2) is 23.0 Å². The highest BCUT2D eigenvalue weighted by molar-refractivity contribution is 6.12. The van der Waals surface area contributed by atoms with E-state index in [1.807, 2.05) is 24.3 Å². The SMILES string of the molecule is c1ccc(-n2c3ccccc3c3cc(-c4ccc(-c5ccc6c(c5)Oc5cc7ccccc7cc5O6)c5ccccc45)ccc32)cc1. The van der Waals surface area contributed by atoms with Gasteiger partial charge in [0, 0.05) is 16.5 Å². The molecule has 10 rings (SSSR count). The lowest BCUT2D eigenvalue weighted by atomic mass is 9.91. The Morgan fingerprint density at radius 3 is 1.60 bits per heavy atom. The van der Waals surface area contributed by atoms with Crippen LogP contribution < -0.4 is 9.47 Å². The molecule has 3 nitrogen and oxygen atoms in total. The molecule has 9 aromatic rings. The van der Waals surface area contributed by atoms with Crippen molar-refractivity contribution in [3.05, 3.63) is 164 Å². The van der Waals surface area contributed by atoms with E-state index < -0.39 is 0 Å². The Morgan fingerprint density at radius 1 is 0.340 bits per heavy atom. The summed E-state index contributed by atoms with van der Waals surface area (Å²) in [6, 6.07) is 57.9. The zero-order valence-corrected chi connectivity index (χ0v) is 25.4. The number of aromatic nitrogens is 1. The number of rotatable bonds is 3. The molecule has 1 aliphatic rings. The van der Waals surface area contributed by atoms with Crippen molar-refractivity contribution < 1.29 is 9.47 Å². The predicted octanol–water partition coefficient (Wildman–Crippen LogP) is 12.3. The molecular formula is C44H27NO2. The van der Waals surface area contributed by atoms with Crippen LogP contribution in [-0.4, -0.2) is 4.57 Å². The van der Waals surface area contributed by atoms with Crippen LogP contribution in [0.25, 0.3) is 71.3 Å². The maximum Gasteiger partial charge on any atom is 0.170 e. The monoisotopic (exact) mass is 601 g/mol. The Kier molecular flexibility index (Phi) is 5.57. The Labute approximate surface area is 271 Å². The number of nitrogens with zero attached hydrogens (tertiary/aromatic N) is 1. The maximum atomic E-state index is 6.44. The van der Waals surface area contributed by atoms with Gasteiger partial charge in [-0.3, -0.25) is 0 Å². The maximum absolute atomic E-state index is 6.44. The van der Waals surface area contributed by atoms with Gasteiger partial charge in [0.1, 0.15) is 0 Å². The fourth-order valence-corrected chi connectivity index (χ4v) is 7.23. The van der Waals surface area contributed by atoms with Gasteiger partial charge in [-0.05, 0) is 98.4 Å². The molecule has 0 saturated carbocycles. The molecule has 0 spiro atoms. The van der Waals surface area contributed by atoms with E-state index in [0.717, 1.165) is 50.6 Å². The lowest BCUT2D eigenvalue weighted by molar-refractivity contribution is 0.360. The molecular weight excluding hydrogens is 574 g/mol. The molecule has 0 bridgehead atoms. The van der Waals surface area contributed by atoms with Crippen molar-refractivity contribution >= 4 is 43.4 Å². The van der Waals surface area contributed by atoms with Crippen LogP contribution in [0, 0.1) is 0 Å². The van der Waals surface area contributed by atoms with E-state index in [4.69, 9.17) is 9.47 Å². The third kappa shape index (κ3) is 4.07. The van der Waals surface area contributed by atoms with Gasteiger partial charge in [-0.2, -0.15) is 0 Å². The van der Waals surface area contributed by atoms with Crippen LogP contribution in [0.3, 0.4) is 0 Å². The summed E-state index contributed by atoms with van der Waals surface area (Å²) in [4.78, 5) is 0. The van der Waals surface area contributed by atoms with Gasteiger partial charge in [0.05, 0.1) is 11.0 Å². The van der Waals surface area contributed by atoms with E-state index >= 15 is 0 Å². The normalized spacial score (nSPS) is 12.2. The Morgan fingerprint density at radius 2 is 0.872 bits per heavy atom. The van der Waals surface area contributed by atoms with Crippen molar-refractivity contribution in [3.63, 3.8) is 0 Å². The molecule has 0 saturated heterocycles. The van der Waals surface area contributed by atoms with E-state index in [9.17, 15) is 0 Å². The minimum atomic E-state index is 0.721. The third-order valence-electron chi connectivity index (χ3n) is 9.43. The summed E-state index contributed by atoms with van der Waals surface area (Å²) in [5, 5.41) is 7.15. The lowest BCUT2D eigenvalue weighted by Crippen LogP contribution is -1.99. The number of hydrogen-bond donors (Lipinski definition) is 0. The van der Waals surface area contributed by atoms with Crippen molar-refractivity contribution in [1.29, 1.82) is 0 Å². The largest absolute Gasteiger partial charge is 0.449 e. The van der Waals surface area contributed by atoms with Crippen molar-refractivity contribution in [2.75, 3.05) is 0 Å². The molecule has 0 N–H and O–H groups in total. The van der Waals surface area contributed by atoms with Gasteiger partial charge in [0.2, 0.25) is 0 Å². The molecule has 1 aliphatic heterocycles. The highest BCUT2D eigenvalue weighted by atomic mass is 16.6. The Bertz CT molecular complexity index is 2690. The molecule has 0 amide bonds. The molecule has 220 valence electrons. The summed E-state index contributed by atoms with van der Waals surface area (Å²) in [5.74, 6) is 2.92. The van der Waals surface area contributed by atoms with Crippen LogP contribution in [0.15, 0.2) is 164 Å². The summed E-state index contributed by atoms with van der Waals surface area (Å²) in [7, 11) is 0. The second kappa shape index (κ2) is 10.1. The third-order valence-corrected chi connectivity index (χ3v) is 9.43. The van der Waals surface area contributed by atoms with Crippen molar-refractivity contribution in [1.82, 2.24) is 4.57 Å². The average molecular weight is 602 g/mol. The molecule has 0 radical (unpaired) electrons. The second-order valence-corrected chi connectivity index (χ2v) is 12.1. The van der Waals surface area contributed by atoms with E-state index in [1.54, 1.807) is 0 Å². The summed E-state index contributed by atoms with van der Waals surface area (Å²) >= 11 is 0. The van der Waals surface area contributed by atoms with Crippen LogP contribution in [0.2, 0.25) is 0 Å². The summed E-state index contributed by atoms with van der Waals surface area (Å²) < 4.78 is 15.1. The molecule has 0 atom stereocenters. The van der Waals surface area contributed by atoms with Crippen molar-refractivity contribution in [2.45, 2.75) is 0 Å². The summed E-state index contributed by atoms with van der Waals surface area (Å²) in [6.07, 6.45) is 0. The van der Waals surface area contributed by atoms with Gasteiger partial charge in [0.25, 0.3) is 0 Å². The second-order valence-electron chi connectivity index (χ2n) is 12.1. The number of fused-ring (bicyclic) bond motifs is 7. The fourth-order valence-electron chi connectivity index (χ4n) is 7.23. The Hall–Kier alpha value is -6.32. The average Bonchev–Trinajstić information content (AvgIpc) is 3.46. The van der Waals surface area contributed by atoms with Crippen LogP contribution in [0.4, 0.5) is 0 Å². The molecule has 2 heterocycles. The van der Waals surface area contributed by atoms with Gasteiger partial charge in [-0.15, -0.1) is 0 Å². The van der Waals surface area contributed by atoms with E-state index in [1.165, 1.54) is 43.7 Å². The zero-order valence-electron chi connectivity index (χ0n) is 25.4. The van der Waals surface area contributed by atoms with Crippen LogP contribution in [0.1, 0.15) is 0 Å². The van der Waals surface area contributed by atoms with E-state index in [-0.39, 0.29) is 0 Å². The van der Waals surface area contributed by atoms with Crippen LogP contribution >= 0.6 is 0 Å². The zero-order chi connectivity index (χ0) is 30.9. The number of ether oxygens (including phenoxy) is 2. The van der Waals surface area contributed by atoms with Crippen LogP contribution in [0.5, 0.6) is 23.0 Å². The Balaban J connectivity index is 1.08. The quantitative estimate of drug-likeness (QED) is 0.201. The van der Waals surface area contributed by atoms with Gasteiger partial charge in [-0.1, -0.05) is 109 Å². The van der Waals surface area contributed by atoms with Crippen molar-refractivity contribution in [3.8, 4) is 50.9 Å². The number of para-hydroxylation sites is 2. The molecule has 1 aromatic heterocycles. The summed E-state index contributed by atoms with van der Waals surface area (Å²) in [6.45, 7) is 0. The van der Waals surface area contributed by atoms with Gasteiger partial charge >= 0.3 is 0 Å². The van der Waals surface area contributed by atoms with Gasteiger partial charge < -0.3 is 14.0 Å². The van der Waals surface area contributed by atoms with E-state index in [2.05, 4.69) is 144 Å². The fraction of sp³-hybridized carbons (Fsp3) is 0. The first-order chi connectivity index (χ1) is 23.3. The molecule has 0 aliphatic carbocycles. The number of hydrogen-bond acceptors (Lipinski definition) is 2. The van der Waals surface area contributed by atoms with Crippen molar-refractivity contribution in [2.24, 2.45) is 0 Å². The van der Waals surface area contributed by atoms with E-state index in [0.29, 0.717) is 0 Å². The first-order valence-electron chi connectivity index (χ1n) is 15.9. The molecule has 3 heteroatoms. The molecule has 0 fully saturated rings. The smallest absolute Gasteiger partial charge is 0.170 e. The molecule has 8 aromatic carbocycles. The molecule has 47 heavy (non-hydrogen) atoms. The first-order valence-corrected chi connectivity index (χ1v) is 15.9. The predicted molar refractivity (Wildman–Crippen MR) is 193 cm³/mol. The van der Waals surface area contributed by atoms with Crippen LogP contribution in [-0.2, 0) is 0 Å². The first kappa shape index (κ1) is 26.0.